The molecule has 1 N–H and O–H groups in total. The average Bonchev–Trinajstić information content (AvgIpc) is 3.54. The van der Waals surface area contributed by atoms with Gasteiger partial charge in [-0.2, -0.15) is 15.3 Å². The van der Waals surface area contributed by atoms with Crippen molar-refractivity contribution in [2.24, 2.45) is 7.05 Å². The third-order valence-electron chi connectivity index (χ3n) is 5.60. The van der Waals surface area contributed by atoms with Crippen molar-refractivity contribution >= 4 is 38.7 Å². The Morgan fingerprint density at radius 2 is 1.94 bits per heavy atom. The van der Waals surface area contributed by atoms with Gasteiger partial charge in [0, 0.05) is 41.1 Å². The minimum atomic E-state index is -2.73. The Morgan fingerprint density at radius 3 is 2.64 bits per heavy atom. The average molecular weight is 555 g/mol. The van der Waals surface area contributed by atoms with Crippen LogP contribution in [-0.2, 0) is 24.9 Å². The summed E-state index contributed by atoms with van der Waals surface area (Å²) in [5.41, 5.74) is 2.38. The van der Waals surface area contributed by atoms with Crippen LogP contribution in [0.25, 0.3) is 22.3 Å². The maximum absolute atomic E-state index is 13.9. The molecule has 4 aromatic heterocycles. The van der Waals surface area contributed by atoms with Crippen LogP contribution in [0.3, 0.4) is 0 Å². The molecule has 5 rings (SSSR count). The Labute approximate surface area is 212 Å². The number of amides is 1. The number of benzene rings is 1. The molecule has 0 aliphatic rings. The first-order valence-corrected chi connectivity index (χ1v) is 11.8. The second kappa shape index (κ2) is 9.61. The Bertz CT molecular complexity index is 1550. The van der Waals surface area contributed by atoms with E-state index in [9.17, 15) is 13.6 Å². The highest BCUT2D eigenvalue weighted by atomic mass is 79.9. The van der Waals surface area contributed by atoms with Gasteiger partial charge in [0.15, 0.2) is 11.5 Å². The van der Waals surface area contributed by atoms with Gasteiger partial charge in [-0.3, -0.25) is 14.2 Å². The summed E-state index contributed by atoms with van der Waals surface area (Å²) in [6.07, 6.45) is 2.27. The van der Waals surface area contributed by atoms with E-state index in [2.05, 4.69) is 41.5 Å². The summed E-state index contributed by atoms with van der Waals surface area (Å²) in [4.78, 5) is 17.4. The zero-order valence-electron chi connectivity index (χ0n) is 19.4. The van der Waals surface area contributed by atoms with Crippen LogP contribution in [0.15, 0.2) is 59.5 Å². The number of aryl methyl sites for hydroxylation is 2. The van der Waals surface area contributed by atoms with Gasteiger partial charge in [-0.15, -0.1) is 0 Å². The van der Waals surface area contributed by atoms with Crippen molar-refractivity contribution in [2.75, 3.05) is 5.32 Å². The molecule has 12 heteroatoms. The van der Waals surface area contributed by atoms with E-state index in [4.69, 9.17) is 0 Å². The number of anilines is 1. The van der Waals surface area contributed by atoms with Crippen molar-refractivity contribution in [1.29, 1.82) is 0 Å². The number of aromatic nitrogens is 7. The Balaban J connectivity index is 1.38. The van der Waals surface area contributed by atoms with Crippen LogP contribution in [0.1, 0.15) is 23.2 Å². The summed E-state index contributed by atoms with van der Waals surface area (Å²) in [6.45, 7) is 1.96. The summed E-state index contributed by atoms with van der Waals surface area (Å²) in [5.74, 6) is -0.0250. The van der Waals surface area contributed by atoms with Gasteiger partial charge < -0.3 is 5.32 Å². The Hall–Kier alpha value is -3.93. The third-order valence-corrected chi connectivity index (χ3v) is 6.13. The lowest BCUT2D eigenvalue weighted by Gasteiger charge is -2.08. The topological polar surface area (TPSA) is 95.5 Å². The second-order valence-electron chi connectivity index (χ2n) is 8.31. The van der Waals surface area contributed by atoms with Crippen molar-refractivity contribution in [2.45, 2.75) is 26.4 Å². The fraction of sp³-hybridized carbons (Fsp3) is 0.208. The number of nitrogens with zero attached hydrogens (tertiary/aromatic N) is 7. The van der Waals surface area contributed by atoms with Gasteiger partial charge in [-0.25, -0.2) is 18.4 Å². The van der Waals surface area contributed by atoms with Crippen molar-refractivity contribution in [1.82, 2.24) is 34.3 Å². The number of nitrogens with one attached hydrogen (secondary N) is 1. The van der Waals surface area contributed by atoms with Gasteiger partial charge >= 0.3 is 0 Å². The van der Waals surface area contributed by atoms with Crippen molar-refractivity contribution < 1.29 is 13.6 Å². The van der Waals surface area contributed by atoms with Gasteiger partial charge in [-0.05, 0) is 30.7 Å². The van der Waals surface area contributed by atoms with Crippen molar-refractivity contribution in [3.63, 3.8) is 0 Å². The number of hydrogen-bond donors (Lipinski definition) is 1. The molecule has 0 saturated heterocycles. The molecule has 1 amide bonds. The minimum absolute atomic E-state index is 0.185. The molecule has 0 saturated carbocycles. The van der Waals surface area contributed by atoms with E-state index >= 15 is 0 Å². The number of pyridine rings is 1. The first-order valence-electron chi connectivity index (χ1n) is 11.0. The number of halogens is 3. The number of fused-ring (bicyclic) bond motifs is 1. The van der Waals surface area contributed by atoms with E-state index < -0.39 is 12.3 Å². The molecule has 9 nitrogen and oxygen atoms in total. The predicted octanol–water partition coefficient (Wildman–Crippen LogP) is 4.72. The molecule has 1 aromatic carbocycles. The number of alkyl halides is 2. The molecule has 0 bridgehead atoms. The van der Waals surface area contributed by atoms with Gasteiger partial charge in [0.25, 0.3) is 6.43 Å². The van der Waals surface area contributed by atoms with Crippen molar-refractivity contribution in [3.05, 3.63) is 76.3 Å². The predicted molar refractivity (Wildman–Crippen MR) is 134 cm³/mol. The molecule has 0 fully saturated rings. The van der Waals surface area contributed by atoms with E-state index in [1.165, 1.54) is 10.7 Å². The zero-order valence-corrected chi connectivity index (χ0v) is 20.9. The molecule has 184 valence electrons. The maximum Gasteiger partial charge on any atom is 0.264 e. The normalized spacial score (nSPS) is 11.5. The molecule has 0 unspecified atom stereocenters. The molecule has 0 spiro atoms. The van der Waals surface area contributed by atoms with E-state index in [0.29, 0.717) is 29.3 Å². The van der Waals surface area contributed by atoms with Crippen LogP contribution >= 0.6 is 15.9 Å². The highest BCUT2D eigenvalue weighted by molar-refractivity contribution is 9.10. The van der Waals surface area contributed by atoms with E-state index in [-0.39, 0.29) is 23.1 Å². The van der Waals surface area contributed by atoms with E-state index in [1.807, 2.05) is 24.3 Å². The first kappa shape index (κ1) is 23.8. The summed E-state index contributed by atoms with van der Waals surface area (Å²) in [7, 11) is 1.73. The van der Waals surface area contributed by atoms with E-state index in [1.54, 1.807) is 48.0 Å². The molecule has 0 aliphatic heterocycles. The SMILES string of the molecule is Cc1nn(CC(=O)Nc2ccn(Cc3ccc(Br)cc3)n2)c2nc(-c3cnn(C)c3)cc(C(F)F)c12. The first-order chi connectivity index (χ1) is 17.3. The lowest BCUT2D eigenvalue weighted by molar-refractivity contribution is -0.116. The fourth-order valence-electron chi connectivity index (χ4n) is 3.98. The molecular formula is C24H21BrF2N8O. The number of hydrogen-bond acceptors (Lipinski definition) is 5. The van der Waals surface area contributed by atoms with Gasteiger partial charge in [0.2, 0.25) is 5.91 Å². The monoisotopic (exact) mass is 554 g/mol. The summed E-state index contributed by atoms with van der Waals surface area (Å²) >= 11 is 3.41. The molecule has 36 heavy (non-hydrogen) atoms. The van der Waals surface area contributed by atoms with Crippen molar-refractivity contribution in [3.8, 4) is 11.3 Å². The third kappa shape index (κ3) is 4.89. The fourth-order valence-corrected chi connectivity index (χ4v) is 4.25. The van der Waals surface area contributed by atoms with Crippen LogP contribution in [0.5, 0.6) is 0 Å². The molecular weight excluding hydrogens is 534 g/mol. The maximum atomic E-state index is 13.9. The summed E-state index contributed by atoms with van der Waals surface area (Å²) in [6, 6.07) is 10.9. The largest absolute Gasteiger partial charge is 0.308 e. The Morgan fingerprint density at radius 1 is 1.17 bits per heavy atom. The summed E-state index contributed by atoms with van der Waals surface area (Å²) in [5, 5.41) is 15.8. The van der Waals surface area contributed by atoms with E-state index in [0.717, 1.165) is 10.0 Å². The highest BCUT2D eigenvalue weighted by Gasteiger charge is 2.22. The van der Waals surface area contributed by atoms with Crippen LogP contribution in [-0.4, -0.2) is 40.2 Å². The van der Waals surface area contributed by atoms with Gasteiger partial charge in [0.1, 0.15) is 6.54 Å². The lowest BCUT2D eigenvalue weighted by atomic mass is 10.1. The van der Waals surface area contributed by atoms with Crippen LogP contribution in [0.4, 0.5) is 14.6 Å². The Kier molecular flexibility index (Phi) is 6.35. The standard InChI is InChI=1S/C24H21BrF2N8O/c1-14-22-18(23(26)27)9-19(16-10-28-33(2)12-16)29-24(22)35(31-14)13-21(36)30-20-7-8-34(32-20)11-15-3-5-17(25)6-4-15/h3-10,12,23H,11,13H2,1-2H3,(H,30,32,36). The van der Waals surface area contributed by atoms with Crippen LogP contribution in [0.2, 0.25) is 0 Å². The number of carbonyl (C=O) groups is 1. The van der Waals surface area contributed by atoms with Crippen LogP contribution in [0, 0.1) is 6.92 Å². The highest BCUT2D eigenvalue weighted by Crippen LogP contribution is 2.33. The molecule has 4 heterocycles. The lowest BCUT2D eigenvalue weighted by Crippen LogP contribution is -2.20. The van der Waals surface area contributed by atoms with Gasteiger partial charge in [0.05, 0.1) is 29.5 Å². The minimum Gasteiger partial charge on any atom is -0.308 e. The molecule has 0 atom stereocenters. The van der Waals surface area contributed by atoms with Gasteiger partial charge in [-0.1, -0.05) is 28.1 Å². The quantitative estimate of drug-likeness (QED) is 0.314. The number of rotatable bonds is 7. The van der Waals surface area contributed by atoms with Crippen LogP contribution < -0.4 is 5.32 Å². The second-order valence-corrected chi connectivity index (χ2v) is 9.23. The number of carbonyl (C=O) groups excluding carboxylic acids is 1. The molecule has 5 aromatic rings. The molecule has 0 aliphatic carbocycles. The summed E-state index contributed by atoms with van der Waals surface area (Å²) < 4.78 is 33.5. The zero-order chi connectivity index (χ0) is 25.4. The smallest absolute Gasteiger partial charge is 0.264 e. The molecule has 0 radical (unpaired) electrons.